The smallest absolute Gasteiger partial charge is 0.229 e. The van der Waals surface area contributed by atoms with Gasteiger partial charge in [-0.15, -0.1) is 0 Å². The Morgan fingerprint density at radius 3 is 2.28 bits per heavy atom. The predicted molar refractivity (Wildman–Crippen MR) is 109 cm³/mol. The van der Waals surface area contributed by atoms with Crippen LogP contribution in [-0.2, 0) is 6.54 Å². The van der Waals surface area contributed by atoms with Crippen LogP contribution in [0.2, 0.25) is 0 Å². The van der Waals surface area contributed by atoms with Crippen molar-refractivity contribution in [3.63, 3.8) is 0 Å². The average molecular weight is 389 g/mol. The highest BCUT2D eigenvalue weighted by atomic mass is 19.1. The van der Waals surface area contributed by atoms with Crippen LogP contribution in [0, 0.1) is 11.6 Å². The highest BCUT2D eigenvalue weighted by molar-refractivity contribution is 5.66. The van der Waals surface area contributed by atoms with Gasteiger partial charge in [-0.25, -0.2) is 13.8 Å². The van der Waals surface area contributed by atoms with Crippen molar-refractivity contribution < 1.29 is 8.78 Å². The fourth-order valence-corrected chi connectivity index (χ4v) is 2.76. The largest absolute Gasteiger partial charge is 0.364 e. The minimum absolute atomic E-state index is 0.0823. The third-order valence-electron chi connectivity index (χ3n) is 4.17. The van der Waals surface area contributed by atoms with Crippen molar-refractivity contribution in [3.8, 4) is 11.3 Å². The van der Waals surface area contributed by atoms with Crippen LogP contribution in [0.15, 0.2) is 79.0 Å². The third kappa shape index (κ3) is 4.52. The minimum Gasteiger partial charge on any atom is -0.364 e. The Morgan fingerprint density at radius 1 is 0.793 bits per heavy atom. The van der Waals surface area contributed by atoms with Crippen molar-refractivity contribution in [1.82, 2.24) is 15.0 Å². The first-order chi connectivity index (χ1) is 14.2. The summed E-state index contributed by atoms with van der Waals surface area (Å²) in [6.45, 7) is 0.444. The number of benzene rings is 2. The van der Waals surface area contributed by atoms with Gasteiger partial charge < -0.3 is 10.6 Å². The van der Waals surface area contributed by atoms with Crippen molar-refractivity contribution in [2.24, 2.45) is 0 Å². The van der Waals surface area contributed by atoms with Crippen molar-refractivity contribution in [3.05, 3.63) is 96.3 Å². The van der Waals surface area contributed by atoms with Crippen molar-refractivity contribution in [2.75, 3.05) is 10.6 Å². The van der Waals surface area contributed by atoms with Gasteiger partial charge in [0, 0.05) is 17.8 Å². The van der Waals surface area contributed by atoms with E-state index >= 15 is 0 Å². The van der Waals surface area contributed by atoms with Gasteiger partial charge in [-0.2, -0.15) is 4.98 Å². The Labute approximate surface area is 166 Å². The second kappa shape index (κ2) is 8.43. The molecule has 0 aliphatic carbocycles. The molecule has 0 radical (unpaired) electrons. The summed E-state index contributed by atoms with van der Waals surface area (Å²) in [4.78, 5) is 13.0. The maximum atomic E-state index is 14.0. The lowest BCUT2D eigenvalue weighted by atomic mass is 10.1. The first-order valence-electron chi connectivity index (χ1n) is 8.98. The molecule has 29 heavy (non-hydrogen) atoms. The van der Waals surface area contributed by atoms with E-state index in [0.717, 1.165) is 11.3 Å². The molecule has 5 nitrogen and oxygen atoms in total. The molecule has 0 amide bonds. The first kappa shape index (κ1) is 18.5. The SMILES string of the molecule is Fc1cccc(F)c1Nc1nc(NCc2ccccn2)cc(-c2ccccc2)n1. The third-order valence-corrected chi connectivity index (χ3v) is 4.17. The molecular formula is C22H17F2N5. The monoisotopic (exact) mass is 389 g/mol. The molecule has 4 aromatic rings. The van der Waals surface area contributed by atoms with Gasteiger partial charge in [-0.05, 0) is 24.3 Å². The molecule has 0 fully saturated rings. The van der Waals surface area contributed by atoms with Gasteiger partial charge in [0.05, 0.1) is 17.9 Å². The Bertz CT molecular complexity index is 1080. The van der Waals surface area contributed by atoms with Gasteiger partial charge in [0.15, 0.2) is 0 Å². The maximum absolute atomic E-state index is 14.0. The van der Waals surface area contributed by atoms with Gasteiger partial charge in [0.25, 0.3) is 0 Å². The van der Waals surface area contributed by atoms with Crippen LogP contribution < -0.4 is 10.6 Å². The topological polar surface area (TPSA) is 62.7 Å². The van der Waals surface area contributed by atoms with Crippen LogP contribution in [-0.4, -0.2) is 15.0 Å². The van der Waals surface area contributed by atoms with E-state index in [4.69, 9.17) is 0 Å². The number of aromatic nitrogens is 3. The number of hydrogen-bond donors (Lipinski definition) is 2. The highest BCUT2D eigenvalue weighted by Crippen LogP contribution is 2.25. The number of halogens is 2. The molecule has 0 spiro atoms. The van der Waals surface area contributed by atoms with Gasteiger partial charge in [-0.3, -0.25) is 4.98 Å². The van der Waals surface area contributed by atoms with Crippen LogP contribution in [0.1, 0.15) is 5.69 Å². The summed E-state index contributed by atoms with van der Waals surface area (Å²) in [5, 5.41) is 5.85. The first-order valence-corrected chi connectivity index (χ1v) is 8.98. The van der Waals surface area contributed by atoms with E-state index in [1.165, 1.54) is 18.2 Å². The van der Waals surface area contributed by atoms with E-state index in [1.807, 2.05) is 48.5 Å². The lowest BCUT2D eigenvalue weighted by molar-refractivity contribution is 0.590. The molecule has 0 atom stereocenters. The Balaban J connectivity index is 1.68. The van der Waals surface area contributed by atoms with Crippen LogP contribution in [0.25, 0.3) is 11.3 Å². The molecule has 2 N–H and O–H groups in total. The number of nitrogens with one attached hydrogen (secondary N) is 2. The molecule has 0 saturated heterocycles. The zero-order chi connectivity index (χ0) is 20.1. The van der Waals surface area contributed by atoms with E-state index in [9.17, 15) is 8.78 Å². The molecule has 2 heterocycles. The highest BCUT2D eigenvalue weighted by Gasteiger charge is 2.12. The van der Waals surface area contributed by atoms with E-state index < -0.39 is 11.6 Å². The molecule has 2 aromatic heterocycles. The number of nitrogens with zero attached hydrogens (tertiary/aromatic N) is 3. The summed E-state index contributed by atoms with van der Waals surface area (Å²) >= 11 is 0. The summed E-state index contributed by atoms with van der Waals surface area (Å²) in [6, 6.07) is 20.5. The predicted octanol–water partition coefficient (Wildman–Crippen LogP) is 5.17. The molecule has 0 saturated carbocycles. The number of para-hydroxylation sites is 1. The Morgan fingerprint density at radius 2 is 1.55 bits per heavy atom. The summed E-state index contributed by atoms with van der Waals surface area (Å²) < 4.78 is 28.1. The molecule has 4 rings (SSSR count). The van der Waals surface area contributed by atoms with Crippen LogP contribution in [0.3, 0.4) is 0 Å². The molecular weight excluding hydrogens is 372 g/mol. The molecule has 144 valence electrons. The van der Waals surface area contributed by atoms with Crippen molar-refractivity contribution in [2.45, 2.75) is 6.54 Å². The second-order valence-electron chi connectivity index (χ2n) is 6.22. The fourth-order valence-electron chi connectivity index (χ4n) is 2.76. The van der Waals surface area contributed by atoms with E-state index in [2.05, 4.69) is 25.6 Å². The quantitative estimate of drug-likeness (QED) is 0.476. The van der Waals surface area contributed by atoms with E-state index in [-0.39, 0.29) is 11.6 Å². The van der Waals surface area contributed by atoms with E-state index in [1.54, 1.807) is 12.3 Å². The number of hydrogen-bond acceptors (Lipinski definition) is 5. The zero-order valence-corrected chi connectivity index (χ0v) is 15.3. The normalized spacial score (nSPS) is 10.6. The average Bonchev–Trinajstić information content (AvgIpc) is 2.76. The number of anilines is 3. The van der Waals surface area contributed by atoms with Crippen LogP contribution in [0.5, 0.6) is 0 Å². The maximum Gasteiger partial charge on any atom is 0.229 e. The summed E-state index contributed by atoms with van der Waals surface area (Å²) in [5.41, 5.74) is 2.01. The summed E-state index contributed by atoms with van der Waals surface area (Å²) in [6.07, 6.45) is 1.71. The van der Waals surface area contributed by atoms with Gasteiger partial charge in [-0.1, -0.05) is 42.5 Å². The standard InChI is InChI=1S/C22H17F2N5/c23-17-10-6-11-18(24)21(17)29-22-27-19(15-7-2-1-3-8-15)13-20(28-22)26-14-16-9-4-5-12-25-16/h1-13H,14H2,(H2,26,27,28,29). The fraction of sp³-hybridized carbons (Fsp3) is 0.0455. The van der Waals surface area contributed by atoms with Crippen molar-refractivity contribution >= 4 is 17.5 Å². The number of rotatable bonds is 6. The van der Waals surface area contributed by atoms with Crippen LogP contribution in [0.4, 0.5) is 26.2 Å². The lowest BCUT2D eigenvalue weighted by Crippen LogP contribution is -2.07. The van der Waals surface area contributed by atoms with Gasteiger partial charge >= 0.3 is 0 Å². The summed E-state index contributed by atoms with van der Waals surface area (Å²) in [5.74, 6) is -0.856. The minimum atomic E-state index is -0.721. The zero-order valence-electron chi connectivity index (χ0n) is 15.3. The van der Waals surface area contributed by atoms with Crippen LogP contribution >= 0.6 is 0 Å². The van der Waals surface area contributed by atoms with Gasteiger partial charge in [0.1, 0.15) is 23.1 Å². The number of pyridine rings is 1. The molecule has 0 aliphatic heterocycles. The molecule has 0 bridgehead atoms. The molecule has 0 unspecified atom stereocenters. The van der Waals surface area contributed by atoms with E-state index in [0.29, 0.717) is 18.1 Å². The molecule has 7 heteroatoms. The lowest BCUT2D eigenvalue weighted by Gasteiger charge is -2.12. The second-order valence-corrected chi connectivity index (χ2v) is 6.22. The Hall–Kier alpha value is -3.87. The Kier molecular flexibility index (Phi) is 5.38. The van der Waals surface area contributed by atoms with Crippen molar-refractivity contribution in [1.29, 1.82) is 0 Å². The molecule has 0 aliphatic rings. The molecule has 2 aromatic carbocycles. The van der Waals surface area contributed by atoms with Gasteiger partial charge in [0.2, 0.25) is 5.95 Å². The summed E-state index contributed by atoms with van der Waals surface area (Å²) in [7, 11) is 0.